The Morgan fingerprint density at radius 1 is 1.27 bits per heavy atom. The molecule has 0 bridgehead atoms. The highest BCUT2D eigenvalue weighted by Crippen LogP contribution is 2.11. The van der Waals surface area contributed by atoms with E-state index in [9.17, 15) is 0 Å². The zero-order valence-corrected chi connectivity index (χ0v) is 10.5. The molecular weight excluding hydrogens is 303 g/mol. The van der Waals surface area contributed by atoms with Crippen molar-refractivity contribution < 1.29 is 0 Å². The van der Waals surface area contributed by atoms with Gasteiger partial charge in [0.15, 0.2) is 5.82 Å². The predicted molar refractivity (Wildman–Crippen MR) is 65.9 cm³/mol. The van der Waals surface area contributed by atoms with Crippen LogP contribution >= 0.6 is 22.6 Å². The van der Waals surface area contributed by atoms with Crippen LogP contribution in [0.3, 0.4) is 0 Å². The van der Waals surface area contributed by atoms with E-state index in [2.05, 4.69) is 45.0 Å². The molecule has 0 fully saturated rings. The Kier molecular flexibility index (Phi) is 3.30. The average molecular weight is 314 g/mol. The molecule has 0 atom stereocenters. The standard InChI is InChI=1S/C10H11IN4/c1-2-3-10-12-13-14-15(10)9-6-4-8(11)5-7-9/h4-7H,2-3H2,1H3. The van der Waals surface area contributed by atoms with Gasteiger partial charge in [-0.1, -0.05) is 6.92 Å². The van der Waals surface area contributed by atoms with Crippen LogP contribution in [0.1, 0.15) is 19.2 Å². The minimum Gasteiger partial charge on any atom is -0.197 e. The van der Waals surface area contributed by atoms with Gasteiger partial charge in [0.25, 0.3) is 0 Å². The van der Waals surface area contributed by atoms with E-state index in [1.165, 1.54) is 3.57 Å². The molecule has 1 heterocycles. The molecule has 0 saturated heterocycles. The molecular formula is C10H11IN4. The zero-order valence-electron chi connectivity index (χ0n) is 8.39. The monoisotopic (exact) mass is 314 g/mol. The summed E-state index contributed by atoms with van der Waals surface area (Å²) in [6.07, 6.45) is 1.95. The maximum atomic E-state index is 4.00. The van der Waals surface area contributed by atoms with Crippen molar-refractivity contribution in [2.24, 2.45) is 0 Å². The normalized spacial score (nSPS) is 10.5. The van der Waals surface area contributed by atoms with Crippen LogP contribution in [-0.2, 0) is 6.42 Å². The number of benzene rings is 1. The molecule has 1 aromatic heterocycles. The summed E-state index contributed by atoms with van der Waals surface area (Å²) in [5.74, 6) is 0.915. The zero-order chi connectivity index (χ0) is 10.7. The number of rotatable bonds is 3. The molecule has 0 aliphatic rings. The van der Waals surface area contributed by atoms with Crippen LogP contribution in [0, 0.1) is 3.57 Å². The largest absolute Gasteiger partial charge is 0.197 e. The van der Waals surface area contributed by atoms with Crippen molar-refractivity contribution in [2.75, 3.05) is 0 Å². The van der Waals surface area contributed by atoms with Crippen LogP contribution in [0.5, 0.6) is 0 Å². The van der Waals surface area contributed by atoms with Gasteiger partial charge in [0.2, 0.25) is 0 Å². The van der Waals surface area contributed by atoms with Crippen molar-refractivity contribution in [1.82, 2.24) is 20.2 Å². The first-order valence-electron chi connectivity index (χ1n) is 4.84. The van der Waals surface area contributed by atoms with E-state index in [-0.39, 0.29) is 0 Å². The first kappa shape index (κ1) is 10.5. The summed E-state index contributed by atoms with van der Waals surface area (Å²) in [4.78, 5) is 0. The Labute approximate surface area is 102 Å². The topological polar surface area (TPSA) is 43.6 Å². The third-order valence-corrected chi connectivity index (χ3v) is 2.80. The SMILES string of the molecule is CCCc1nnnn1-c1ccc(I)cc1. The summed E-state index contributed by atoms with van der Waals surface area (Å²) >= 11 is 2.28. The van der Waals surface area contributed by atoms with Gasteiger partial charge in [-0.15, -0.1) is 5.10 Å². The molecule has 0 saturated carbocycles. The van der Waals surface area contributed by atoms with Gasteiger partial charge < -0.3 is 0 Å². The van der Waals surface area contributed by atoms with Crippen molar-refractivity contribution in [2.45, 2.75) is 19.8 Å². The van der Waals surface area contributed by atoms with E-state index >= 15 is 0 Å². The molecule has 0 aliphatic carbocycles. The Balaban J connectivity index is 2.36. The quantitative estimate of drug-likeness (QED) is 0.816. The van der Waals surface area contributed by atoms with E-state index in [4.69, 9.17) is 0 Å². The van der Waals surface area contributed by atoms with Crippen LogP contribution in [0.15, 0.2) is 24.3 Å². The highest BCUT2D eigenvalue weighted by atomic mass is 127. The summed E-state index contributed by atoms with van der Waals surface area (Å²) in [5, 5.41) is 11.7. The van der Waals surface area contributed by atoms with Crippen LogP contribution in [0.4, 0.5) is 0 Å². The second-order valence-electron chi connectivity index (χ2n) is 3.23. The smallest absolute Gasteiger partial charge is 0.156 e. The number of hydrogen-bond acceptors (Lipinski definition) is 3. The van der Waals surface area contributed by atoms with Crippen molar-refractivity contribution in [3.63, 3.8) is 0 Å². The second kappa shape index (κ2) is 4.69. The third kappa shape index (κ3) is 2.34. The molecule has 5 heteroatoms. The van der Waals surface area contributed by atoms with Crippen LogP contribution < -0.4 is 0 Å². The predicted octanol–water partition coefficient (Wildman–Crippen LogP) is 2.22. The van der Waals surface area contributed by atoms with Gasteiger partial charge in [0.1, 0.15) is 0 Å². The summed E-state index contributed by atoms with van der Waals surface area (Å²) in [6.45, 7) is 2.12. The number of halogens is 1. The highest BCUT2D eigenvalue weighted by molar-refractivity contribution is 14.1. The van der Waals surface area contributed by atoms with E-state index < -0.39 is 0 Å². The Morgan fingerprint density at radius 2 is 2.00 bits per heavy atom. The number of aryl methyl sites for hydroxylation is 1. The minimum atomic E-state index is 0.902. The van der Waals surface area contributed by atoms with E-state index in [1.54, 1.807) is 4.68 Å². The van der Waals surface area contributed by atoms with Gasteiger partial charge in [0, 0.05) is 9.99 Å². The fraction of sp³-hybridized carbons (Fsp3) is 0.300. The van der Waals surface area contributed by atoms with Crippen molar-refractivity contribution >= 4 is 22.6 Å². The van der Waals surface area contributed by atoms with Gasteiger partial charge in [-0.05, 0) is 63.7 Å². The number of nitrogens with zero attached hydrogens (tertiary/aromatic N) is 4. The lowest BCUT2D eigenvalue weighted by Gasteiger charge is -2.03. The second-order valence-corrected chi connectivity index (χ2v) is 4.48. The summed E-state index contributed by atoms with van der Waals surface area (Å²) in [7, 11) is 0. The average Bonchev–Trinajstić information content (AvgIpc) is 2.68. The number of aromatic nitrogens is 4. The molecule has 0 spiro atoms. The molecule has 0 N–H and O–H groups in total. The van der Waals surface area contributed by atoms with E-state index in [0.717, 1.165) is 24.4 Å². The molecule has 0 unspecified atom stereocenters. The summed E-state index contributed by atoms with van der Waals surface area (Å²) in [5.41, 5.74) is 1.02. The lowest BCUT2D eigenvalue weighted by molar-refractivity contribution is 0.745. The Bertz CT molecular complexity index is 435. The fourth-order valence-electron chi connectivity index (χ4n) is 1.37. The molecule has 78 valence electrons. The highest BCUT2D eigenvalue weighted by Gasteiger charge is 2.06. The summed E-state index contributed by atoms with van der Waals surface area (Å²) < 4.78 is 3.00. The molecule has 2 rings (SSSR count). The first-order valence-corrected chi connectivity index (χ1v) is 5.92. The van der Waals surface area contributed by atoms with Crippen LogP contribution in [-0.4, -0.2) is 20.2 Å². The van der Waals surface area contributed by atoms with Crippen molar-refractivity contribution in [3.05, 3.63) is 33.7 Å². The molecule has 0 amide bonds. The van der Waals surface area contributed by atoms with Gasteiger partial charge in [-0.2, -0.15) is 4.68 Å². The molecule has 4 nitrogen and oxygen atoms in total. The van der Waals surface area contributed by atoms with Gasteiger partial charge in [-0.25, -0.2) is 0 Å². The Hall–Kier alpha value is -0.980. The minimum absolute atomic E-state index is 0.902. The van der Waals surface area contributed by atoms with E-state index in [0.29, 0.717) is 0 Å². The first-order chi connectivity index (χ1) is 7.31. The van der Waals surface area contributed by atoms with Crippen LogP contribution in [0.2, 0.25) is 0 Å². The molecule has 1 aromatic carbocycles. The summed E-state index contributed by atoms with van der Waals surface area (Å²) in [6, 6.07) is 8.15. The van der Waals surface area contributed by atoms with Crippen LogP contribution in [0.25, 0.3) is 5.69 Å². The lowest BCUT2D eigenvalue weighted by atomic mass is 10.3. The van der Waals surface area contributed by atoms with Gasteiger partial charge in [0.05, 0.1) is 5.69 Å². The van der Waals surface area contributed by atoms with Crippen molar-refractivity contribution in [1.29, 1.82) is 0 Å². The maximum Gasteiger partial charge on any atom is 0.156 e. The fourth-order valence-corrected chi connectivity index (χ4v) is 1.73. The number of tetrazole rings is 1. The maximum absolute atomic E-state index is 4.00. The third-order valence-electron chi connectivity index (χ3n) is 2.08. The lowest BCUT2D eigenvalue weighted by Crippen LogP contribution is -2.02. The molecule has 0 radical (unpaired) electrons. The number of hydrogen-bond donors (Lipinski definition) is 0. The Morgan fingerprint density at radius 3 is 2.67 bits per heavy atom. The van der Waals surface area contributed by atoms with Gasteiger partial charge >= 0.3 is 0 Å². The molecule has 0 aliphatic heterocycles. The molecule has 15 heavy (non-hydrogen) atoms. The molecule has 2 aromatic rings. The van der Waals surface area contributed by atoms with Crippen molar-refractivity contribution in [3.8, 4) is 5.69 Å². The van der Waals surface area contributed by atoms with E-state index in [1.807, 2.05) is 24.3 Å². The van der Waals surface area contributed by atoms with Gasteiger partial charge in [-0.3, -0.25) is 0 Å².